The Labute approximate surface area is 103 Å². The third kappa shape index (κ3) is 3.27. The number of rotatable bonds is 5. The van der Waals surface area contributed by atoms with Gasteiger partial charge in [0.1, 0.15) is 5.82 Å². The van der Waals surface area contributed by atoms with Crippen LogP contribution in [0.3, 0.4) is 0 Å². The Bertz CT molecular complexity index is 331. The van der Waals surface area contributed by atoms with Gasteiger partial charge in [-0.1, -0.05) is 12.1 Å². The van der Waals surface area contributed by atoms with Crippen LogP contribution >= 0.6 is 0 Å². The molecule has 1 aliphatic heterocycles. The highest BCUT2D eigenvalue weighted by Gasteiger charge is 2.22. The third-order valence-electron chi connectivity index (χ3n) is 3.52. The molecule has 3 heteroatoms. The predicted octanol–water partition coefficient (Wildman–Crippen LogP) is 2.70. The fourth-order valence-corrected chi connectivity index (χ4v) is 2.61. The predicted molar refractivity (Wildman–Crippen MR) is 68.2 cm³/mol. The van der Waals surface area contributed by atoms with Gasteiger partial charge in [0.25, 0.3) is 0 Å². The molecule has 2 nitrogen and oxygen atoms in total. The first-order valence-electron chi connectivity index (χ1n) is 6.51. The summed E-state index contributed by atoms with van der Waals surface area (Å²) < 4.78 is 12.9. The van der Waals surface area contributed by atoms with Crippen LogP contribution in [0.15, 0.2) is 24.3 Å². The standard InChI is InChI=1S/C14H21FN2/c15-13-7-5-12(6-8-13)14(4-3-9-16)17-10-1-2-11-17/h5-8,14H,1-4,9-11,16H2. The Morgan fingerprint density at radius 3 is 2.41 bits per heavy atom. The maximum Gasteiger partial charge on any atom is 0.123 e. The SMILES string of the molecule is NCCCC(c1ccc(F)cc1)N1CCCC1. The first-order chi connectivity index (χ1) is 8.31. The van der Waals surface area contributed by atoms with Gasteiger partial charge in [-0.05, 0) is 63.0 Å². The van der Waals surface area contributed by atoms with E-state index in [4.69, 9.17) is 5.73 Å². The van der Waals surface area contributed by atoms with Crippen LogP contribution in [0.2, 0.25) is 0 Å². The molecule has 0 aromatic heterocycles. The lowest BCUT2D eigenvalue weighted by Gasteiger charge is -2.28. The molecule has 1 aromatic rings. The lowest BCUT2D eigenvalue weighted by atomic mass is 10.0. The summed E-state index contributed by atoms with van der Waals surface area (Å²) in [6.45, 7) is 3.05. The molecule has 1 unspecified atom stereocenters. The van der Waals surface area contributed by atoms with Gasteiger partial charge in [-0.3, -0.25) is 4.90 Å². The number of hydrogen-bond donors (Lipinski definition) is 1. The first kappa shape index (κ1) is 12.5. The van der Waals surface area contributed by atoms with E-state index in [0.29, 0.717) is 6.04 Å². The highest BCUT2D eigenvalue weighted by Crippen LogP contribution is 2.29. The van der Waals surface area contributed by atoms with E-state index in [1.165, 1.54) is 18.4 Å². The van der Waals surface area contributed by atoms with Crippen molar-refractivity contribution in [1.82, 2.24) is 4.90 Å². The summed E-state index contributed by atoms with van der Waals surface area (Å²) >= 11 is 0. The summed E-state index contributed by atoms with van der Waals surface area (Å²) in [4.78, 5) is 2.50. The second-order valence-corrected chi connectivity index (χ2v) is 4.74. The number of benzene rings is 1. The molecule has 0 amide bonds. The molecular weight excluding hydrogens is 215 g/mol. The first-order valence-corrected chi connectivity index (χ1v) is 6.51. The van der Waals surface area contributed by atoms with Gasteiger partial charge in [0.2, 0.25) is 0 Å². The van der Waals surface area contributed by atoms with Crippen molar-refractivity contribution in [3.8, 4) is 0 Å². The average Bonchev–Trinajstić information content (AvgIpc) is 2.85. The minimum Gasteiger partial charge on any atom is -0.330 e. The number of nitrogens with two attached hydrogens (primary N) is 1. The van der Waals surface area contributed by atoms with E-state index < -0.39 is 0 Å². The van der Waals surface area contributed by atoms with Crippen LogP contribution in [0.4, 0.5) is 4.39 Å². The Kier molecular flexibility index (Phi) is 4.51. The molecule has 0 saturated carbocycles. The number of halogens is 1. The fraction of sp³-hybridized carbons (Fsp3) is 0.571. The van der Waals surface area contributed by atoms with Crippen LogP contribution in [-0.4, -0.2) is 24.5 Å². The highest BCUT2D eigenvalue weighted by molar-refractivity contribution is 5.20. The van der Waals surface area contributed by atoms with Crippen LogP contribution in [-0.2, 0) is 0 Å². The van der Waals surface area contributed by atoms with Gasteiger partial charge in [0.05, 0.1) is 0 Å². The summed E-state index contributed by atoms with van der Waals surface area (Å²) in [5.41, 5.74) is 6.82. The topological polar surface area (TPSA) is 29.3 Å². The Balaban J connectivity index is 2.10. The molecule has 0 radical (unpaired) electrons. The summed E-state index contributed by atoms with van der Waals surface area (Å²) in [6, 6.07) is 7.35. The fourth-order valence-electron chi connectivity index (χ4n) is 2.61. The molecule has 17 heavy (non-hydrogen) atoms. The molecule has 2 N–H and O–H groups in total. The maximum atomic E-state index is 12.9. The monoisotopic (exact) mass is 236 g/mol. The lowest BCUT2D eigenvalue weighted by Crippen LogP contribution is -2.26. The Morgan fingerprint density at radius 2 is 1.82 bits per heavy atom. The zero-order chi connectivity index (χ0) is 12.1. The number of nitrogens with zero attached hydrogens (tertiary/aromatic N) is 1. The third-order valence-corrected chi connectivity index (χ3v) is 3.52. The quantitative estimate of drug-likeness (QED) is 0.851. The molecular formula is C14H21FN2. The molecule has 1 atom stereocenters. The van der Waals surface area contributed by atoms with Crippen LogP contribution < -0.4 is 5.73 Å². The van der Waals surface area contributed by atoms with E-state index >= 15 is 0 Å². The molecule has 1 heterocycles. The van der Waals surface area contributed by atoms with Gasteiger partial charge in [-0.2, -0.15) is 0 Å². The summed E-state index contributed by atoms with van der Waals surface area (Å²) in [5, 5.41) is 0. The van der Waals surface area contributed by atoms with Crippen molar-refractivity contribution in [2.75, 3.05) is 19.6 Å². The van der Waals surface area contributed by atoms with Crippen LogP contribution in [0.1, 0.15) is 37.3 Å². The highest BCUT2D eigenvalue weighted by atomic mass is 19.1. The second-order valence-electron chi connectivity index (χ2n) is 4.74. The number of hydrogen-bond acceptors (Lipinski definition) is 2. The van der Waals surface area contributed by atoms with E-state index in [9.17, 15) is 4.39 Å². The van der Waals surface area contributed by atoms with E-state index in [1.807, 2.05) is 12.1 Å². The van der Waals surface area contributed by atoms with Crippen molar-refractivity contribution >= 4 is 0 Å². The Hall–Kier alpha value is -0.930. The summed E-state index contributed by atoms with van der Waals surface area (Å²) in [6.07, 6.45) is 4.65. The van der Waals surface area contributed by atoms with Gasteiger partial charge in [0, 0.05) is 6.04 Å². The zero-order valence-electron chi connectivity index (χ0n) is 10.2. The smallest absolute Gasteiger partial charge is 0.123 e. The number of likely N-dealkylation sites (tertiary alicyclic amines) is 1. The normalized spacial score (nSPS) is 18.5. The molecule has 1 aromatic carbocycles. The van der Waals surface area contributed by atoms with Crippen molar-refractivity contribution in [2.45, 2.75) is 31.7 Å². The van der Waals surface area contributed by atoms with Crippen molar-refractivity contribution in [1.29, 1.82) is 0 Å². The lowest BCUT2D eigenvalue weighted by molar-refractivity contribution is 0.231. The van der Waals surface area contributed by atoms with Crippen molar-refractivity contribution in [2.24, 2.45) is 5.73 Å². The van der Waals surface area contributed by atoms with E-state index in [1.54, 1.807) is 12.1 Å². The molecule has 0 spiro atoms. The summed E-state index contributed by atoms with van der Waals surface area (Å²) in [7, 11) is 0. The second kappa shape index (κ2) is 6.12. The van der Waals surface area contributed by atoms with E-state index in [0.717, 1.165) is 32.5 Å². The van der Waals surface area contributed by atoms with E-state index in [-0.39, 0.29) is 5.82 Å². The minimum absolute atomic E-state index is 0.159. The molecule has 0 bridgehead atoms. The molecule has 1 aliphatic rings. The van der Waals surface area contributed by atoms with Crippen molar-refractivity contribution < 1.29 is 4.39 Å². The Morgan fingerprint density at radius 1 is 1.18 bits per heavy atom. The van der Waals surface area contributed by atoms with Gasteiger partial charge in [-0.25, -0.2) is 4.39 Å². The minimum atomic E-state index is -0.159. The molecule has 1 saturated heterocycles. The molecule has 0 aliphatic carbocycles. The zero-order valence-corrected chi connectivity index (χ0v) is 10.2. The van der Waals surface area contributed by atoms with Gasteiger partial charge < -0.3 is 5.73 Å². The maximum absolute atomic E-state index is 12.9. The molecule has 94 valence electrons. The van der Waals surface area contributed by atoms with Crippen molar-refractivity contribution in [3.05, 3.63) is 35.6 Å². The van der Waals surface area contributed by atoms with Gasteiger partial charge in [0.15, 0.2) is 0 Å². The van der Waals surface area contributed by atoms with Crippen molar-refractivity contribution in [3.63, 3.8) is 0 Å². The largest absolute Gasteiger partial charge is 0.330 e. The summed E-state index contributed by atoms with van der Waals surface area (Å²) in [5.74, 6) is -0.159. The van der Waals surface area contributed by atoms with Crippen LogP contribution in [0, 0.1) is 5.82 Å². The molecule has 1 fully saturated rings. The average molecular weight is 236 g/mol. The molecule has 2 rings (SSSR count). The van der Waals surface area contributed by atoms with Gasteiger partial charge in [-0.15, -0.1) is 0 Å². The van der Waals surface area contributed by atoms with E-state index in [2.05, 4.69) is 4.90 Å². The van der Waals surface area contributed by atoms with Crippen LogP contribution in [0.25, 0.3) is 0 Å². The van der Waals surface area contributed by atoms with Crippen LogP contribution in [0.5, 0.6) is 0 Å². The van der Waals surface area contributed by atoms with Gasteiger partial charge >= 0.3 is 0 Å².